The van der Waals surface area contributed by atoms with Crippen molar-refractivity contribution in [3.63, 3.8) is 0 Å². The number of phosphoric acid groups is 1. The van der Waals surface area contributed by atoms with Crippen molar-refractivity contribution in [3.8, 4) is 0 Å². The van der Waals surface area contributed by atoms with Crippen molar-refractivity contribution in [2.45, 2.75) is 30.6 Å². The van der Waals surface area contributed by atoms with Crippen molar-refractivity contribution in [1.29, 1.82) is 0 Å². The fraction of sp³-hybridized carbons (Fsp3) is 1.00. The molecular formula is C6H12NO8P-2. The third kappa shape index (κ3) is 3.20. The molecule has 10 heteroatoms. The fourth-order valence-corrected chi connectivity index (χ4v) is 1.77. The summed E-state index contributed by atoms with van der Waals surface area (Å²) in [4.78, 5) is 20.7. The first-order chi connectivity index (χ1) is 7.26. The van der Waals surface area contributed by atoms with Gasteiger partial charge in [0.2, 0.25) is 0 Å². The van der Waals surface area contributed by atoms with Gasteiger partial charge in [0.25, 0.3) is 0 Å². The van der Waals surface area contributed by atoms with E-state index in [1.165, 1.54) is 0 Å². The van der Waals surface area contributed by atoms with Crippen LogP contribution in [0.25, 0.3) is 0 Å². The molecule has 0 saturated carbocycles. The van der Waals surface area contributed by atoms with Crippen LogP contribution in [0.2, 0.25) is 0 Å². The van der Waals surface area contributed by atoms with E-state index in [0.717, 1.165) is 0 Å². The van der Waals surface area contributed by atoms with Crippen molar-refractivity contribution in [3.05, 3.63) is 0 Å². The van der Waals surface area contributed by atoms with Crippen molar-refractivity contribution < 1.29 is 38.9 Å². The zero-order valence-corrected chi connectivity index (χ0v) is 8.90. The molecule has 0 aliphatic carbocycles. The lowest BCUT2D eigenvalue weighted by molar-refractivity contribution is -0.361. The average molecular weight is 257 g/mol. The molecule has 1 aliphatic heterocycles. The predicted octanol–water partition coefficient (Wildman–Crippen LogP) is -4.40. The van der Waals surface area contributed by atoms with Crippen LogP contribution in [-0.4, -0.2) is 52.6 Å². The molecule has 1 heterocycles. The maximum absolute atomic E-state index is 10.3. The molecule has 96 valence electrons. The number of phosphoric ester groups is 1. The first-order valence-corrected chi connectivity index (χ1v) is 5.81. The van der Waals surface area contributed by atoms with E-state index in [1.54, 1.807) is 0 Å². The molecule has 2 unspecified atom stereocenters. The zero-order valence-electron chi connectivity index (χ0n) is 8.00. The largest absolute Gasteiger partial charge is 0.790 e. The molecule has 9 nitrogen and oxygen atoms in total. The second kappa shape index (κ2) is 5.05. The summed E-state index contributed by atoms with van der Waals surface area (Å²) in [5, 5.41) is 27.5. The number of hydrogen-bond donors (Lipinski definition) is 4. The van der Waals surface area contributed by atoms with Crippen LogP contribution in [0.3, 0.4) is 0 Å². The van der Waals surface area contributed by atoms with Gasteiger partial charge in [-0.15, -0.1) is 0 Å². The van der Waals surface area contributed by atoms with Crippen LogP contribution in [0.4, 0.5) is 0 Å². The average Bonchev–Trinajstić information content (AvgIpc) is 2.17. The molecule has 1 fully saturated rings. The first-order valence-electron chi connectivity index (χ1n) is 4.34. The second-order valence-corrected chi connectivity index (χ2v) is 4.44. The molecule has 0 amide bonds. The Morgan fingerprint density at radius 1 is 1.38 bits per heavy atom. The molecule has 1 rings (SSSR count). The normalized spacial score (nSPS) is 41.0. The van der Waals surface area contributed by atoms with E-state index in [-0.39, 0.29) is 0 Å². The number of ether oxygens (including phenoxy) is 1. The predicted molar refractivity (Wildman–Crippen MR) is 44.4 cm³/mol. The van der Waals surface area contributed by atoms with Gasteiger partial charge in [-0.1, -0.05) is 0 Å². The van der Waals surface area contributed by atoms with Crippen molar-refractivity contribution in [2.75, 3.05) is 6.61 Å². The molecule has 1 saturated heterocycles. The van der Waals surface area contributed by atoms with Gasteiger partial charge in [0, 0.05) is 0 Å². The second-order valence-electron chi connectivity index (χ2n) is 3.34. The van der Waals surface area contributed by atoms with Crippen molar-refractivity contribution in [1.82, 2.24) is 0 Å². The van der Waals surface area contributed by atoms with Gasteiger partial charge in [-0.05, 0) is 0 Å². The lowest BCUT2D eigenvalue weighted by Crippen LogP contribution is -2.62. The first kappa shape index (κ1) is 14.0. The maximum Gasteiger partial charge on any atom is 0.180 e. The number of rotatable bonds is 3. The molecule has 5 N–H and O–H groups in total. The maximum atomic E-state index is 10.3. The molecular weight excluding hydrogens is 245 g/mol. The van der Waals surface area contributed by atoms with Gasteiger partial charge in [0.05, 0.1) is 20.5 Å². The molecule has 0 aromatic heterocycles. The number of aliphatic hydroxyl groups is 3. The van der Waals surface area contributed by atoms with Gasteiger partial charge in [0.15, 0.2) is 6.29 Å². The third-order valence-corrected chi connectivity index (χ3v) is 2.63. The highest BCUT2D eigenvalue weighted by molar-refractivity contribution is 7.43. The van der Waals surface area contributed by atoms with Crippen LogP contribution < -0.4 is 15.5 Å². The van der Waals surface area contributed by atoms with Gasteiger partial charge in [-0.25, -0.2) is 0 Å². The van der Waals surface area contributed by atoms with Crippen molar-refractivity contribution in [2.24, 2.45) is 5.73 Å². The Morgan fingerprint density at radius 3 is 2.38 bits per heavy atom. The molecule has 0 spiro atoms. The summed E-state index contributed by atoms with van der Waals surface area (Å²) < 4.78 is 19.0. The number of nitrogens with two attached hydrogens (primary N) is 1. The molecule has 0 bridgehead atoms. The Labute approximate surface area is 90.6 Å². The van der Waals surface area contributed by atoms with Crippen LogP contribution in [0.5, 0.6) is 0 Å². The standard InChI is InChI=1S/C6H14NO8P/c7-3-5(10)4(9)2(1-8)14-6(3)15-16(11,12)13/h2-6,8-10H,1,7H2,(H2,11,12,13)/p-2/t2?,3?,4-,5+,6+/m0/s1. The molecule has 0 aromatic rings. The molecule has 0 radical (unpaired) electrons. The van der Waals surface area contributed by atoms with Crippen LogP contribution >= 0.6 is 7.82 Å². The summed E-state index contributed by atoms with van der Waals surface area (Å²) in [6, 6.07) is -1.41. The summed E-state index contributed by atoms with van der Waals surface area (Å²) in [7, 11) is -5.33. The summed E-state index contributed by atoms with van der Waals surface area (Å²) in [5.74, 6) is 0. The van der Waals surface area contributed by atoms with E-state index in [2.05, 4.69) is 4.52 Å². The Balaban J connectivity index is 2.75. The Morgan fingerprint density at radius 2 is 1.94 bits per heavy atom. The van der Waals surface area contributed by atoms with Gasteiger partial charge >= 0.3 is 0 Å². The zero-order chi connectivity index (χ0) is 12.5. The Bertz CT molecular complexity index is 280. The monoisotopic (exact) mass is 257 g/mol. The molecule has 1 aliphatic rings. The quantitative estimate of drug-likeness (QED) is 0.364. The van der Waals surface area contributed by atoms with Crippen LogP contribution in [-0.2, 0) is 13.8 Å². The van der Waals surface area contributed by atoms with Crippen LogP contribution in [0, 0.1) is 0 Å². The van der Waals surface area contributed by atoms with E-state index in [4.69, 9.17) is 15.6 Å². The Hall–Kier alpha value is -0.0900. The number of aliphatic hydroxyl groups excluding tert-OH is 3. The minimum absolute atomic E-state index is 0.688. The van der Waals surface area contributed by atoms with E-state index in [1.807, 2.05) is 0 Å². The fourth-order valence-electron chi connectivity index (χ4n) is 1.33. The topological polar surface area (TPSA) is 168 Å². The summed E-state index contributed by atoms with van der Waals surface area (Å²) >= 11 is 0. The van der Waals surface area contributed by atoms with Crippen LogP contribution in [0.1, 0.15) is 0 Å². The summed E-state index contributed by atoms with van der Waals surface area (Å²) in [5.41, 5.74) is 5.30. The SMILES string of the molecule is NC1[C@@H](OP(=O)([O-])[O-])OC(CO)[C@H](O)[C@@H]1O. The smallest absolute Gasteiger partial charge is 0.180 e. The lowest BCUT2D eigenvalue weighted by atomic mass is 9.98. The summed E-state index contributed by atoms with van der Waals surface area (Å²) in [6.45, 7) is -0.688. The van der Waals surface area contributed by atoms with E-state index >= 15 is 0 Å². The van der Waals surface area contributed by atoms with Crippen LogP contribution in [0.15, 0.2) is 0 Å². The lowest BCUT2D eigenvalue weighted by Gasteiger charge is -2.43. The molecule has 0 aromatic carbocycles. The minimum Gasteiger partial charge on any atom is -0.790 e. The number of hydrogen-bond acceptors (Lipinski definition) is 9. The molecule has 5 atom stereocenters. The van der Waals surface area contributed by atoms with Gasteiger partial charge in [0.1, 0.15) is 18.3 Å². The van der Waals surface area contributed by atoms with E-state index < -0.39 is 45.1 Å². The summed E-state index contributed by atoms with van der Waals surface area (Å²) in [6.07, 6.45) is -6.05. The van der Waals surface area contributed by atoms with E-state index in [0.29, 0.717) is 0 Å². The van der Waals surface area contributed by atoms with Crippen molar-refractivity contribution >= 4 is 7.82 Å². The van der Waals surface area contributed by atoms with Gasteiger partial charge in [-0.3, -0.25) is 0 Å². The Kier molecular flexibility index (Phi) is 4.41. The van der Waals surface area contributed by atoms with Gasteiger partial charge in [-0.2, -0.15) is 0 Å². The van der Waals surface area contributed by atoms with E-state index in [9.17, 15) is 24.6 Å². The minimum atomic E-state index is -5.33. The highest BCUT2D eigenvalue weighted by atomic mass is 31.2. The van der Waals surface area contributed by atoms with Gasteiger partial charge < -0.3 is 44.7 Å². The highest BCUT2D eigenvalue weighted by Gasteiger charge is 2.43. The highest BCUT2D eigenvalue weighted by Crippen LogP contribution is 2.32. The molecule has 16 heavy (non-hydrogen) atoms. The third-order valence-electron chi connectivity index (χ3n) is 2.16.